The maximum absolute atomic E-state index is 12.2. The van der Waals surface area contributed by atoms with Gasteiger partial charge in [0.05, 0.1) is 22.7 Å². The lowest BCUT2D eigenvalue weighted by molar-refractivity contribution is -0.120. The molecule has 0 fully saturated rings. The van der Waals surface area contributed by atoms with Gasteiger partial charge in [-0.15, -0.1) is 0 Å². The molecule has 0 spiro atoms. The number of fused-ring (bicyclic) bond motifs is 2. The number of aliphatic imine (C=N–C) groups is 1. The van der Waals surface area contributed by atoms with E-state index in [9.17, 15) is 9.59 Å². The normalized spacial score (nSPS) is 12.2. The predicted molar refractivity (Wildman–Crippen MR) is 130 cm³/mol. The molecule has 0 aliphatic rings. The number of pyridine rings is 2. The van der Waals surface area contributed by atoms with Crippen molar-refractivity contribution in [2.45, 2.75) is 20.3 Å². The number of allylic oxidation sites excluding steroid dienone is 3. The third-order valence-corrected chi connectivity index (χ3v) is 5.21. The average molecular weight is 457 g/mol. The van der Waals surface area contributed by atoms with Crippen molar-refractivity contribution in [3.63, 3.8) is 0 Å². The minimum absolute atomic E-state index is 0.142. The Hall–Kier alpha value is -4.67. The molecule has 4 aromatic heterocycles. The number of aromatic amines is 2. The molecule has 4 heterocycles. The van der Waals surface area contributed by atoms with Gasteiger partial charge in [0.2, 0.25) is 5.91 Å². The highest BCUT2D eigenvalue weighted by molar-refractivity contribution is 6.05. The van der Waals surface area contributed by atoms with E-state index < -0.39 is 0 Å². The molecule has 0 aliphatic heterocycles. The summed E-state index contributed by atoms with van der Waals surface area (Å²) in [5, 5.41) is 13.3. The number of imidazole rings is 1. The molecule has 11 heteroatoms. The maximum Gasteiger partial charge on any atom is 0.254 e. The molecule has 0 saturated heterocycles. The van der Waals surface area contributed by atoms with Gasteiger partial charge in [-0.1, -0.05) is 13.0 Å². The van der Waals surface area contributed by atoms with Gasteiger partial charge < -0.3 is 15.6 Å². The Kier molecular flexibility index (Phi) is 6.26. The van der Waals surface area contributed by atoms with Gasteiger partial charge in [-0.2, -0.15) is 5.10 Å². The highest BCUT2D eigenvalue weighted by Crippen LogP contribution is 2.28. The third-order valence-electron chi connectivity index (χ3n) is 5.21. The lowest BCUT2D eigenvalue weighted by Crippen LogP contribution is -2.20. The SMILES string of the molecule is C=N/C(=C\C=C(/C)c1cnc2[nH]nc(-c3nc4c(C(=O)NC)cncc4[nH]3)c2c1)NC(=O)CC. The fourth-order valence-corrected chi connectivity index (χ4v) is 3.31. The highest BCUT2D eigenvalue weighted by atomic mass is 16.2. The van der Waals surface area contributed by atoms with Crippen molar-refractivity contribution in [1.29, 1.82) is 0 Å². The molecule has 0 aromatic carbocycles. The third kappa shape index (κ3) is 4.31. The van der Waals surface area contributed by atoms with Crippen molar-refractivity contribution in [3.8, 4) is 11.5 Å². The minimum atomic E-state index is -0.274. The van der Waals surface area contributed by atoms with Crippen LogP contribution in [0.25, 0.3) is 39.2 Å². The molecule has 11 nitrogen and oxygen atoms in total. The summed E-state index contributed by atoms with van der Waals surface area (Å²) in [5.41, 5.74) is 4.39. The van der Waals surface area contributed by atoms with E-state index in [1.54, 1.807) is 32.4 Å². The molecule has 4 N–H and O–H groups in total. The zero-order valence-corrected chi connectivity index (χ0v) is 18.9. The largest absolute Gasteiger partial charge is 0.355 e. The van der Waals surface area contributed by atoms with E-state index in [0.29, 0.717) is 46.0 Å². The fraction of sp³-hybridized carbons (Fsp3) is 0.174. The second-order valence-electron chi connectivity index (χ2n) is 7.40. The van der Waals surface area contributed by atoms with Crippen molar-refractivity contribution in [1.82, 2.24) is 40.8 Å². The van der Waals surface area contributed by atoms with Gasteiger partial charge in [0.15, 0.2) is 11.5 Å². The molecule has 172 valence electrons. The fourth-order valence-electron chi connectivity index (χ4n) is 3.31. The highest BCUT2D eigenvalue weighted by Gasteiger charge is 2.18. The first-order valence-corrected chi connectivity index (χ1v) is 10.5. The number of nitrogens with zero attached hydrogens (tertiary/aromatic N) is 5. The number of hydrogen-bond donors (Lipinski definition) is 4. The van der Waals surface area contributed by atoms with Crippen molar-refractivity contribution in [2.24, 2.45) is 4.99 Å². The lowest BCUT2D eigenvalue weighted by Gasteiger charge is -2.03. The Labute approximate surface area is 194 Å². The van der Waals surface area contributed by atoms with Crippen LogP contribution in [0.2, 0.25) is 0 Å². The monoisotopic (exact) mass is 457 g/mol. The van der Waals surface area contributed by atoms with E-state index >= 15 is 0 Å². The van der Waals surface area contributed by atoms with E-state index in [-0.39, 0.29) is 11.8 Å². The van der Waals surface area contributed by atoms with Crippen LogP contribution < -0.4 is 10.6 Å². The molecule has 0 aliphatic carbocycles. The molecular weight excluding hydrogens is 434 g/mol. The van der Waals surface area contributed by atoms with Gasteiger partial charge >= 0.3 is 0 Å². The van der Waals surface area contributed by atoms with E-state index in [0.717, 1.165) is 16.5 Å². The van der Waals surface area contributed by atoms with Crippen LogP contribution in [0.4, 0.5) is 0 Å². The number of nitrogens with one attached hydrogen (secondary N) is 4. The molecule has 0 bridgehead atoms. The van der Waals surface area contributed by atoms with Crippen molar-refractivity contribution >= 4 is 46.2 Å². The molecule has 0 unspecified atom stereocenters. The van der Waals surface area contributed by atoms with E-state index in [1.807, 2.05) is 19.1 Å². The van der Waals surface area contributed by atoms with E-state index in [2.05, 4.69) is 52.5 Å². The Morgan fingerprint density at radius 2 is 2.06 bits per heavy atom. The van der Waals surface area contributed by atoms with Crippen LogP contribution in [0.15, 0.2) is 47.6 Å². The molecule has 4 aromatic rings. The number of H-pyrrole nitrogens is 2. The van der Waals surface area contributed by atoms with Crippen LogP contribution in [-0.2, 0) is 4.79 Å². The quantitative estimate of drug-likeness (QED) is 0.247. The Balaban J connectivity index is 1.73. The molecule has 34 heavy (non-hydrogen) atoms. The second kappa shape index (κ2) is 9.45. The van der Waals surface area contributed by atoms with Gasteiger partial charge in [0, 0.05) is 25.9 Å². The first-order chi connectivity index (χ1) is 16.4. The molecular formula is C23H23N9O2. The molecule has 4 rings (SSSR count). The molecule has 2 amide bonds. The summed E-state index contributed by atoms with van der Waals surface area (Å²) in [6.45, 7) is 7.17. The second-order valence-corrected chi connectivity index (χ2v) is 7.40. The lowest BCUT2D eigenvalue weighted by atomic mass is 10.1. The summed E-state index contributed by atoms with van der Waals surface area (Å²) < 4.78 is 0. The van der Waals surface area contributed by atoms with Crippen LogP contribution in [0.5, 0.6) is 0 Å². The predicted octanol–water partition coefficient (Wildman–Crippen LogP) is 2.73. The van der Waals surface area contributed by atoms with Gasteiger partial charge in [0.1, 0.15) is 17.0 Å². The van der Waals surface area contributed by atoms with Crippen molar-refractivity contribution < 1.29 is 9.59 Å². The first kappa shape index (κ1) is 22.5. The van der Waals surface area contributed by atoms with Gasteiger partial charge in [-0.3, -0.25) is 19.7 Å². The van der Waals surface area contributed by atoms with Crippen molar-refractivity contribution in [3.05, 3.63) is 53.8 Å². The average Bonchev–Trinajstić information content (AvgIpc) is 3.48. The summed E-state index contributed by atoms with van der Waals surface area (Å²) >= 11 is 0. The zero-order chi connectivity index (χ0) is 24.2. The van der Waals surface area contributed by atoms with Crippen LogP contribution >= 0.6 is 0 Å². The molecule has 0 atom stereocenters. The summed E-state index contributed by atoms with van der Waals surface area (Å²) in [4.78, 5) is 44.0. The van der Waals surface area contributed by atoms with Crippen LogP contribution in [0.1, 0.15) is 36.2 Å². The number of carbonyl (C=O) groups is 2. The Bertz CT molecular complexity index is 1480. The van der Waals surface area contributed by atoms with Crippen LogP contribution in [0.3, 0.4) is 0 Å². The number of hydrogen-bond acceptors (Lipinski definition) is 7. The topological polar surface area (TPSA) is 154 Å². The minimum Gasteiger partial charge on any atom is -0.355 e. The summed E-state index contributed by atoms with van der Waals surface area (Å²) in [6.07, 6.45) is 8.67. The summed E-state index contributed by atoms with van der Waals surface area (Å²) in [7, 11) is 1.56. The van der Waals surface area contributed by atoms with Gasteiger partial charge in [0.25, 0.3) is 5.91 Å². The Morgan fingerprint density at radius 3 is 2.79 bits per heavy atom. The van der Waals surface area contributed by atoms with Gasteiger partial charge in [-0.05, 0) is 36.9 Å². The van der Waals surface area contributed by atoms with Crippen LogP contribution in [-0.4, -0.2) is 55.7 Å². The number of carbonyl (C=O) groups excluding carboxylic acids is 2. The van der Waals surface area contributed by atoms with E-state index in [4.69, 9.17) is 0 Å². The smallest absolute Gasteiger partial charge is 0.254 e. The zero-order valence-electron chi connectivity index (χ0n) is 18.9. The number of aromatic nitrogens is 6. The summed E-state index contributed by atoms with van der Waals surface area (Å²) in [6, 6.07) is 1.94. The summed E-state index contributed by atoms with van der Waals surface area (Å²) in [5.74, 6) is 0.438. The maximum atomic E-state index is 12.2. The number of amides is 2. The van der Waals surface area contributed by atoms with Crippen LogP contribution in [0, 0.1) is 0 Å². The molecule has 0 saturated carbocycles. The first-order valence-electron chi connectivity index (χ1n) is 10.5. The standard InChI is InChI=1S/C23H23N9O2/c1-5-18(33)29-17(24-3)7-6-12(2)13-8-14-20(31-32-21(14)27-9-13)22-28-16-11-26-10-15(19(16)30-22)23(34)25-4/h6-11H,3,5H2,1-2,4H3,(H,25,34)(H,28,30)(H,29,33)(H,27,31,32)/b12-6+,17-7+. The molecule has 0 radical (unpaired) electrons. The van der Waals surface area contributed by atoms with Gasteiger partial charge in [-0.25, -0.2) is 15.0 Å². The number of rotatable bonds is 7. The van der Waals surface area contributed by atoms with E-state index in [1.165, 1.54) is 6.20 Å². The van der Waals surface area contributed by atoms with Crippen molar-refractivity contribution in [2.75, 3.05) is 7.05 Å². The Morgan fingerprint density at radius 1 is 1.24 bits per heavy atom.